The number of nitrogens with zero attached hydrogens (tertiary/aromatic N) is 2. The van der Waals surface area contributed by atoms with Gasteiger partial charge in [0.25, 0.3) is 0 Å². The van der Waals surface area contributed by atoms with Crippen LogP contribution in [0.4, 0.5) is 5.69 Å². The van der Waals surface area contributed by atoms with Gasteiger partial charge in [0.2, 0.25) is 5.88 Å². The molecule has 19 heavy (non-hydrogen) atoms. The Bertz CT molecular complexity index is 456. The lowest BCUT2D eigenvalue weighted by atomic mass is 10.2. The molecular formula is C14H21N3O2. The van der Waals surface area contributed by atoms with Gasteiger partial charge in [0, 0.05) is 18.7 Å². The SMILES string of the molecule is CCOCCOc1c(N)cc(C#N)n1C1CCCC1. The van der Waals surface area contributed by atoms with E-state index >= 15 is 0 Å². The third-order valence-corrected chi connectivity index (χ3v) is 3.49. The molecular weight excluding hydrogens is 242 g/mol. The Morgan fingerprint density at radius 1 is 1.42 bits per heavy atom. The molecule has 0 aromatic carbocycles. The first-order valence-electron chi connectivity index (χ1n) is 6.89. The fourth-order valence-electron chi connectivity index (χ4n) is 2.63. The van der Waals surface area contributed by atoms with Crippen molar-refractivity contribution < 1.29 is 9.47 Å². The Morgan fingerprint density at radius 3 is 2.79 bits per heavy atom. The second-order valence-corrected chi connectivity index (χ2v) is 4.76. The van der Waals surface area contributed by atoms with Crippen LogP contribution in [-0.2, 0) is 4.74 Å². The Labute approximate surface area is 113 Å². The van der Waals surface area contributed by atoms with Gasteiger partial charge in [0.1, 0.15) is 18.4 Å². The summed E-state index contributed by atoms with van der Waals surface area (Å²) in [5.41, 5.74) is 7.10. The van der Waals surface area contributed by atoms with Gasteiger partial charge in [0.15, 0.2) is 0 Å². The third kappa shape index (κ3) is 3.02. The van der Waals surface area contributed by atoms with Crippen molar-refractivity contribution in [2.45, 2.75) is 38.6 Å². The van der Waals surface area contributed by atoms with Crippen molar-refractivity contribution in [2.24, 2.45) is 0 Å². The number of anilines is 1. The molecule has 1 aromatic rings. The zero-order valence-electron chi connectivity index (χ0n) is 11.4. The van der Waals surface area contributed by atoms with Crippen molar-refractivity contribution in [1.82, 2.24) is 4.57 Å². The van der Waals surface area contributed by atoms with Crippen molar-refractivity contribution in [3.8, 4) is 11.9 Å². The first-order chi connectivity index (χ1) is 9.27. The molecule has 1 heterocycles. The summed E-state index contributed by atoms with van der Waals surface area (Å²) >= 11 is 0. The van der Waals surface area contributed by atoms with Gasteiger partial charge in [-0.1, -0.05) is 12.8 Å². The highest BCUT2D eigenvalue weighted by Crippen LogP contribution is 2.38. The molecule has 1 aliphatic carbocycles. The zero-order chi connectivity index (χ0) is 13.7. The molecule has 104 valence electrons. The van der Waals surface area contributed by atoms with E-state index in [-0.39, 0.29) is 0 Å². The maximum Gasteiger partial charge on any atom is 0.218 e. The molecule has 1 saturated carbocycles. The molecule has 0 spiro atoms. The lowest BCUT2D eigenvalue weighted by Gasteiger charge is -2.18. The fourth-order valence-corrected chi connectivity index (χ4v) is 2.63. The Hall–Kier alpha value is -1.67. The van der Waals surface area contributed by atoms with E-state index in [1.54, 1.807) is 6.07 Å². The van der Waals surface area contributed by atoms with Crippen LogP contribution in [-0.4, -0.2) is 24.4 Å². The van der Waals surface area contributed by atoms with Crippen LogP contribution in [0.25, 0.3) is 0 Å². The standard InChI is InChI=1S/C14H21N3O2/c1-2-18-7-8-19-14-13(16)9-12(10-15)17(14)11-5-3-4-6-11/h9,11H,2-8,16H2,1H3. The topological polar surface area (TPSA) is 73.2 Å². The van der Waals surface area contributed by atoms with Gasteiger partial charge in [0.05, 0.1) is 12.3 Å². The van der Waals surface area contributed by atoms with E-state index in [0.29, 0.717) is 43.1 Å². The Kier molecular flexibility index (Phi) is 4.69. The molecule has 5 nitrogen and oxygen atoms in total. The molecule has 0 atom stereocenters. The van der Waals surface area contributed by atoms with Gasteiger partial charge in [-0.3, -0.25) is 4.57 Å². The van der Waals surface area contributed by atoms with E-state index in [2.05, 4.69) is 6.07 Å². The molecule has 1 aromatic heterocycles. The zero-order valence-corrected chi connectivity index (χ0v) is 11.4. The minimum Gasteiger partial charge on any atom is -0.475 e. The number of nitriles is 1. The number of hydrogen-bond acceptors (Lipinski definition) is 4. The second kappa shape index (κ2) is 6.48. The molecule has 1 aliphatic rings. The first-order valence-corrected chi connectivity index (χ1v) is 6.89. The molecule has 0 bridgehead atoms. The predicted octanol–water partition coefficient (Wildman–Crippen LogP) is 2.47. The van der Waals surface area contributed by atoms with E-state index < -0.39 is 0 Å². The molecule has 0 saturated heterocycles. The number of aromatic nitrogens is 1. The minimum absolute atomic E-state index is 0.342. The lowest BCUT2D eigenvalue weighted by molar-refractivity contribution is 0.106. The van der Waals surface area contributed by atoms with Gasteiger partial charge in [-0.25, -0.2) is 0 Å². The number of nitrogens with two attached hydrogens (primary N) is 1. The molecule has 0 amide bonds. The first kappa shape index (κ1) is 13.8. The summed E-state index contributed by atoms with van der Waals surface area (Å²) in [6.45, 7) is 3.61. The van der Waals surface area contributed by atoms with Crippen LogP contribution < -0.4 is 10.5 Å². The molecule has 5 heteroatoms. The van der Waals surface area contributed by atoms with Gasteiger partial charge in [-0.2, -0.15) is 5.26 Å². The van der Waals surface area contributed by atoms with Crippen molar-refractivity contribution in [3.63, 3.8) is 0 Å². The van der Waals surface area contributed by atoms with Crippen LogP contribution in [0.3, 0.4) is 0 Å². The van der Waals surface area contributed by atoms with Crippen molar-refractivity contribution >= 4 is 5.69 Å². The Morgan fingerprint density at radius 2 is 2.16 bits per heavy atom. The Balaban J connectivity index is 2.15. The van der Waals surface area contributed by atoms with E-state index in [9.17, 15) is 5.26 Å². The number of hydrogen-bond donors (Lipinski definition) is 1. The summed E-state index contributed by atoms with van der Waals surface area (Å²) in [6, 6.07) is 4.25. The smallest absolute Gasteiger partial charge is 0.218 e. The van der Waals surface area contributed by atoms with E-state index in [1.165, 1.54) is 12.8 Å². The minimum atomic E-state index is 0.342. The van der Waals surface area contributed by atoms with Crippen LogP contribution in [0.1, 0.15) is 44.3 Å². The second-order valence-electron chi connectivity index (χ2n) is 4.76. The summed E-state index contributed by atoms with van der Waals surface area (Å²) in [4.78, 5) is 0. The summed E-state index contributed by atoms with van der Waals surface area (Å²) < 4.78 is 12.9. The third-order valence-electron chi connectivity index (χ3n) is 3.49. The van der Waals surface area contributed by atoms with Crippen molar-refractivity contribution in [1.29, 1.82) is 5.26 Å². The van der Waals surface area contributed by atoms with Crippen LogP contribution in [0.2, 0.25) is 0 Å². The summed E-state index contributed by atoms with van der Waals surface area (Å²) in [5.74, 6) is 0.628. The van der Waals surface area contributed by atoms with Gasteiger partial charge < -0.3 is 15.2 Å². The molecule has 0 radical (unpaired) electrons. The molecule has 2 rings (SSSR count). The quantitative estimate of drug-likeness (QED) is 0.800. The van der Waals surface area contributed by atoms with E-state index in [0.717, 1.165) is 12.8 Å². The maximum absolute atomic E-state index is 9.22. The van der Waals surface area contributed by atoms with Crippen LogP contribution in [0.5, 0.6) is 5.88 Å². The van der Waals surface area contributed by atoms with Crippen LogP contribution in [0.15, 0.2) is 6.07 Å². The average Bonchev–Trinajstić information content (AvgIpc) is 3.02. The van der Waals surface area contributed by atoms with E-state index in [4.69, 9.17) is 15.2 Å². The summed E-state index contributed by atoms with van der Waals surface area (Å²) in [7, 11) is 0. The molecule has 0 aliphatic heterocycles. The number of rotatable bonds is 6. The van der Waals surface area contributed by atoms with E-state index in [1.807, 2.05) is 11.5 Å². The highest BCUT2D eigenvalue weighted by Gasteiger charge is 2.24. The number of ether oxygens (including phenoxy) is 2. The normalized spacial score (nSPS) is 15.6. The largest absolute Gasteiger partial charge is 0.475 e. The predicted molar refractivity (Wildman–Crippen MR) is 73.1 cm³/mol. The molecule has 0 unspecified atom stereocenters. The number of nitrogen functional groups attached to an aromatic ring is 1. The van der Waals surface area contributed by atoms with Crippen molar-refractivity contribution in [3.05, 3.63) is 11.8 Å². The fraction of sp³-hybridized carbons (Fsp3) is 0.643. The monoisotopic (exact) mass is 263 g/mol. The van der Waals surface area contributed by atoms with Gasteiger partial charge in [-0.15, -0.1) is 0 Å². The van der Waals surface area contributed by atoms with Gasteiger partial charge in [-0.05, 0) is 19.8 Å². The average molecular weight is 263 g/mol. The maximum atomic E-state index is 9.22. The summed E-state index contributed by atoms with van der Waals surface area (Å²) in [5, 5.41) is 9.22. The molecule has 2 N–H and O–H groups in total. The summed E-state index contributed by atoms with van der Waals surface area (Å²) in [6.07, 6.45) is 4.58. The molecule has 1 fully saturated rings. The van der Waals surface area contributed by atoms with Crippen LogP contribution in [0, 0.1) is 11.3 Å². The van der Waals surface area contributed by atoms with Crippen LogP contribution >= 0.6 is 0 Å². The highest BCUT2D eigenvalue weighted by atomic mass is 16.5. The lowest BCUT2D eigenvalue weighted by Crippen LogP contribution is -2.14. The van der Waals surface area contributed by atoms with Gasteiger partial charge >= 0.3 is 0 Å². The van der Waals surface area contributed by atoms with Crippen molar-refractivity contribution in [2.75, 3.05) is 25.6 Å². The highest BCUT2D eigenvalue weighted by molar-refractivity contribution is 5.55.